The van der Waals surface area contributed by atoms with Gasteiger partial charge < -0.3 is 10.6 Å². The summed E-state index contributed by atoms with van der Waals surface area (Å²) >= 11 is 0. The molecule has 0 aliphatic rings. The van der Waals surface area contributed by atoms with Crippen LogP contribution in [-0.4, -0.2) is 39.7 Å². The topological polar surface area (TPSA) is 71.1 Å². The average Bonchev–Trinajstić information content (AvgIpc) is 2.41. The lowest BCUT2D eigenvalue weighted by Gasteiger charge is -2.08. The van der Waals surface area contributed by atoms with Gasteiger partial charge in [-0.1, -0.05) is 6.92 Å². The third kappa shape index (κ3) is 4.59. The molecule has 0 radical (unpaired) electrons. The highest BCUT2D eigenvalue weighted by Gasteiger charge is 2.15. The van der Waals surface area contributed by atoms with E-state index in [2.05, 4.69) is 15.6 Å². The Hall–Kier alpha value is -1.50. The Bertz CT molecular complexity index is 468. The predicted molar refractivity (Wildman–Crippen MR) is 74.2 cm³/mol. The van der Waals surface area contributed by atoms with E-state index in [0.29, 0.717) is 18.1 Å². The first-order valence-corrected chi connectivity index (χ1v) is 7.60. The summed E-state index contributed by atoms with van der Waals surface area (Å²) in [7, 11) is -0.946. The highest BCUT2D eigenvalue weighted by Crippen LogP contribution is 2.14. The van der Waals surface area contributed by atoms with Crippen LogP contribution in [0.4, 0.5) is 10.2 Å². The maximum atomic E-state index is 13.9. The molecule has 1 rings (SSSR count). The van der Waals surface area contributed by atoms with Crippen molar-refractivity contribution in [1.29, 1.82) is 0 Å². The van der Waals surface area contributed by atoms with Crippen molar-refractivity contribution in [3.8, 4) is 0 Å². The molecule has 106 valence electrons. The van der Waals surface area contributed by atoms with Gasteiger partial charge in [-0.2, -0.15) is 0 Å². The van der Waals surface area contributed by atoms with Crippen molar-refractivity contribution in [2.24, 2.45) is 0 Å². The molecule has 5 nitrogen and oxygen atoms in total. The van der Waals surface area contributed by atoms with Gasteiger partial charge in [-0.05, 0) is 13.0 Å². The SMILES string of the molecule is CCNc1nccc(C(=O)NCCS(=O)CC)c1F. The Morgan fingerprint density at radius 2 is 2.21 bits per heavy atom. The lowest BCUT2D eigenvalue weighted by molar-refractivity contribution is 0.0952. The number of nitrogens with one attached hydrogen (secondary N) is 2. The minimum atomic E-state index is -0.946. The smallest absolute Gasteiger partial charge is 0.254 e. The van der Waals surface area contributed by atoms with Crippen molar-refractivity contribution in [2.45, 2.75) is 13.8 Å². The van der Waals surface area contributed by atoms with E-state index in [0.717, 1.165) is 0 Å². The normalized spacial score (nSPS) is 11.9. The van der Waals surface area contributed by atoms with E-state index in [1.165, 1.54) is 12.3 Å². The third-order valence-corrected chi connectivity index (χ3v) is 3.72. The molecule has 1 aromatic heterocycles. The molecule has 7 heteroatoms. The number of nitrogens with zero attached hydrogens (tertiary/aromatic N) is 1. The number of hydrogen-bond acceptors (Lipinski definition) is 4. The molecule has 0 aliphatic heterocycles. The van der Waals surface area contributed by atoms with Crippen LogP contribution >= 0.6 is 0 Å². The molecule has 0 fully saturated rings. The fourth-order valence-electron chi connectivity index (χ4n) is 1.43. The molecule has 0 saturated carbocycles. The second-order valence-electron chi connectivity index (χ2n) is 3.74. The highest BCUT2D eigenvalue weighted by atomic mass is 32.2. The standard InChI is InChI=1S/C12H18FN3O2S/c1-3-14-11-10(13)9(5-6-15-11)12(17)16-7-8-19(18)4-2/h5-6H,3-4,7-8H2,1-2H3,(H,14,15)(H,16,17). The van der Waals surface area contributed by atoms with Gasteiger partial charge in [-0.15, -0.1) is 0 Å². The fourth-order valence-corrected chi connectivity index (χ4v) is 2.05. The van der Waals surface area contributed by atoms with Gasteiger partial charge in [0, 0.05) is 41.6 Å². The molecule has 1 atom stereocenters. The zero-order valence-electron chi connectivity index (χ0n) is 11.0. The molecule has 1 heterocycles. The van der Waals surface area contributed by atoms with Crippen LogP contribution in [0.15, 0.2) is 12.3 Å². The Morgan fingerprint density at radius 1 is 1.47 bits per heavy atom. The molecule has 2 N–H and O–H groups in total. The number of amides is 1. The van der Waals surface area contributed by atoms with Crippen molar-refractivity contribution in [1.82, 2.24) is 10.3 Å². The lowest BCUT2D eigenvalue weighted by atomic mass is 10.2. The quantitative estimate of drug-likeness (QED) is 0.789. The van der Waals surface area contributed by atoms with Gasteiger partial charge in [0.2, 0.25) is 0 Å². The molecule has 1 unspecified atom stereocenters. The van der Waals surface area contributed by atoms with E-state index in [1.54, 1.807) is 0 Å². The minimum absolute atomic E-state index is 0.0618. The van der Waals surface area contributed by atoms with Crippen LogP contribution in [0, 0.1) is 5.82 Å². The number of hydrogen-bond donors (Lipinski definition) is 2. The second kappa shape index (κ2) is 7.83. The van der Waals surface area contributed by atoms with Gasteiger partial charge in [0.15, 0.2) is 11.6 Å². The number of carbonyl (C=O) groups is 1. The van der Waals surface area contributed by atoms with Gasteiger partial charge in [-0.25, -0.2) is 9.37 Å². The van der Waals surface area contributed by atoms with E-state index >= 15 is 0 Å². The van der Waals surface area contributed by atoms with Crippen LogP contribution in [-0.2, 0) is 10.8 Å². The summed E-state index contributed by atoms with van der Waals surface area (Å²) in [4.78, 5) is 15.6. The van der Waals surface area contributed by atoms with E-state index in [1.807, 2.05) is 13.8 Å². The Balaban J connectivity index is 2.66. The molecule has 0 saturated heterocycles. The largest absolute Gasteiger partial charge is 0.368 e. The van der Waals surface area contributed by atoms with Crippen molar-refractivity contribution in [3.05, 3.63) is 23.6 Å². The van der Waals surface area contributed by atoms with Gasteiger partial charge in [0.1, 0.15) is 0 Å². The third-order valence-electron chi connectivity index (χ3n) is 2.42. The first-order chi connectivity index (χ1) is 9.10. The number of rotatable bonds is 7. The number of halogens is 1. The predicted octanol–water partition coefficient (Wildman–Crippen LogP) is 1.15. The number of pyridine rings is 1. The number of aromatic nitrogens is 1. The van der Waals surface area contributed by atoms with Gasteiger partial charge in [0.25, 0.3) is 5.91 Å². The molecule has 19 heavy (non-hydrogen) atoms. The molecule has 0 spiro atoms. The maximum Gasteiger partial charge on any atom is 0.254 e. The van der Waals surface area contributed by atoms with Crippen LogP contribution < -0.4 is 10.6 Å². The van der Waals surface area contributed by atoms with E-state index in [4.69, 9.17) is 0 Å². The van der Waals surface area contributed by atoms with E-state index in [-0.39, 0.29) is 17.9 Å². The van der Waals surface area contributed by atoms with Gasteiger partial charge in [0.05, 0.1) is 5.56 Å². The molecule has 0 bridgehead atoms. The molecule has 0 aromatic carbocycles. The summed E-state index contributed by atoms with van der Waals surface area (Å²) in [6, 6.07) is 1.32. The molecule has 1 amide bonds. The Labute approximate surface area is 114 Å². The molecular formula is C12H18FN3O2S. The molecule has 1 aromatic rings. The Kier molecular flexibility index (Phi) is 6.41. The lowest BCUT2D eigenvalue weighted by Crippen LogP contribution is -2.29. The zero-order valence-corrected chi connectivity index (χ0v) is 11.8. The zero-order chi connectivity index (χ0) is 14.3. The summed E-state index contributed by atoms with van der Waals surface area (Å²) < 4.78 is 25.1. The fraction of sp³-hybridized carbons (Fsp3) is 0.500. The van der Waals surface area contributed by atoms with Gasteiger partial charge in [-0.3, -0.25) is 9.00 Å². The van der Waals surface area contributed by atoms with Crippen molar-refractivity contribution in [3.63, 3.8) is 0 Å². The van der Waals surface area contributed by atoms with Crippen molar-refractivity contribution in [2.75, 3.05) is 29.9 Å². The van der Waals surface area contributed by atoms with Crippen LogP contribution in [0.2, 0.25) is 0 Å². The average molecular weight is 287 g/mol. The van der Waals surface area contributed by atoms with Crippen LogP contribution in [0.3, 0.4) is 0 Å². The summed E-state index contributed by atoms with van der Waals surface area (Å²) in [6.45, 7) is 4.40. The number of anilines is 1. The molecule has 0 aliphatic carbocycles. The Morgan fingerprint density at radius 3 is 2.84 bits per heavy atom. The van der Waals surface area contributed by atoms with Crippen LogP contribution in [0.1, 0.15) is 24.2 Å². The first kappa shape index (κ1) is 15.6. The summed E-state index contributed by atoms with van der Waals surface area (Å²) in [5.74, 6) is -0.211. The summed E-state index contributed by atoms with van der Waals surface area (Å²) in [6.07, 6.45) is 1.38. The van der Waals surface area contributed by atoms with Crippen molar-refractivity contribution < 1.29 is 13.4 Å². The minimum Gasteiger partial charge on any atom is -0.368 e. The van der Waals surface area contributed by atoms with Crippen LogP contribution in [0.25, 0.3) is 0 Å². The maximum absolute atomic E-state index is 13.9. The first-order valence-electron chi connectivity index (χ1n) is 6.11. The monoisotopic (exact) mass is 287 g/mol. The van der Waals surface area contributed by atoms with Crippen LogP contribution in [0.5, 0.6) is 0 Å². The molecular weight excluding hydrogens is 269 g/mol. The summed E-state index contributed by atoms with van der Waals surface area (Å²) in [5, 5.41) is 5.29. The number of carbonyl (C=O) groups excluding carboxylic acids is 1. The highest BCUT2D eigenvalue weighted by molar-refractivity contribution is 7.84. The van der Waals surface area contributed by atoms with E-state index in [9.17, 15) is 13.4 Å². The second-order valence-corrected chi connectivity index (χ2v) is 5.61. The van der Waals surface area contributed by atoms with Crippen molar-refractivity contribution >= 4 is 22.5 Å². The van der Waals surface area contributed by atoms with Gasteiger partial charge >= 0.3 is 0 Å². The summed E-state index contributed by atoms with van der Waals surface area (Å²) in [5.41, 5.74) is -0.0618. The van der Waals surface area contributed by atoms with E-state index < -0.39 is 22.5 Å².